The Morgan fingerprint density at radius 2 is 2.07 bits per heavy atom. The number of benzene rings is 1. The summed E-state index contributed by atoms with van der Waals surface area (Å²) in [5, 5.41) is 0. The van der Waals surface area contributed by atoms with Gasteiger partial charge in [-0.05, 0) is 40.2 Å². The van der Waals surface area contributed by atoms with Crippen molar-refractivity contribution < 1.29 is 0 Å². The Labute approximate surface area is 99.8 Å². The summed E-state index contributed by atoms with van der Waals surface area (Å²) in [4.78, 5) is 18.0. The van der Waals surface area contributed by atoms with Crippen LogP contribution in [0.3, 0.4) is 0 Å². The maximum atomic E-state index is 11.3. The standard InChI is InChI=1S/C10H11BrN2OS/c1-3-15-9-6(11)4-5(2)7-8(9)13-10(14)12-7/h4H,3H2,1-2H3,(H2,12,13,14). The van der Waals surface area contributed by atoms with E-state index in [2.05, 4.69) is 32.8 Å². The smallest absolute Gasteiger partial charge is 0.305 e. The number of thioether (sulfide) groups is 1. The van der Waals surface area contributed by atoms with Crippen LogP contribution in [-0.2, 0) is 0 Å². The first kappa shape index (κ1) is 10.8. The lowest BCUT2D eigenvalue weighted by atomic mass is 10.2. The number of halogens is 1. The minimum atomic E-state index is -0.149. The molecule has 2 N–H and O–H groups in total. The predicted molar refractivity (Wildman–Crippen MR) is 67.8 cm³/mol. The fraction of sp³-hybridized carbons (Fsp3) is 0.300. The van der Waals surface area contributed by atoms with Crippen LogP contribution in [0, 0.1) is 6.92 Å². The summed E-state index contributed by atoms with van der Waals surface area (Å²) in [5.74, 6) is 0.976. The van der Waals surface area contributed by atoms with Crippen LogP contribution in [0.25, 0.3) is 11.0 Å². The molecule has 0 aliphatic rings. The van der Waals surface area contributed by atoms with Gasteiger partial charge in [-0.1, -0.05) is 6.92 Å². The molecule has 0 bridgehead atoms. The number of imidazole rings is 1. The highest BCUT2D eigenvalue weighted by Crippen LogP contribution is 2.34. The van der Waals surface area contributed by atoms with Gasteiger partial charge in [-0.2, -0.15) is 0 Å². The van der Waals surface area contributed by atoms with Crippen molar-refractivity contribution in [2.75, 3.05) is 5.75 Å². The van der Waals surface area contributed by atoms with Gasteiger partial charge in [0.15, 0.2) is 0 Å². The van der Waals surface area contributed by atoms with Crippen molar-refractivity contribution in [3.05, 3.63) is 26.6 Å². The van der Waals surface area contributed by atoms with E-state index >= 15 is 0 Å². The molecule has 0 aliphatic heterocycles. The third-order valence-electron chi connectivity index (χ3n) is 2.20. The van der Waals surface area contributed by atoms with Crippen LogP contribution < -0.4 is 5.69 Å². The third-order valence-corrected chi connectivity index (χ3v) is 4.09. The Hall–Kier alpha value is -0.680. The van der Waals surface area contributed by atoms with Gasteiger partial charge in [0, 0.05) is 9.37 Å². The molecular weight excluding hydrogens is 276 g/mol. The Morgan fingerprint density at radius 1 is 1.40 bits per heavy atom. The van der Waals surface area contributed by atoms with Crippen LogP contribution >= 0.6 is 27.7 Å². The largest absolute Gasteiger partial charge is 0.323 e. The zero-order valence-electron chi connectivity index (χ0n) is 8.48. The van der Waals surface area contributed by atoms with Crippen molar-refractivity contribution in [2.24, 2.45) is 0 Å². The van der Waals surface area contributed by atoms with E-state index in [4.69, 9.17) is 0 Å². The Kier molecular flexibility index (Phi) is 2.93. The molecular formula is C10H11BrN2OS. The lowest BCUT2D eigenvalue weighted by molar-refractivity contribution is 1.21. The van der Waals surface area contributed by atoms with Gasteiger partial charge in [0.2, 0.25) is 0 Å². The van der Waals surface area contributed by atoms with Gasteiger partial charge in [0.1, 0.15) is 0 Å². The zero-order valence-corrected chi connectivity index (χ0v) is 10.9. The molecule has 15 heavy (non-hydrogen) atoms. The van der Waals surface area contributed by atoms with Gasteiger partial charge in [0.25, 0.3) is 0 Å². The molecule has 2 rings (SSSR count). The molecule has 0 saturated carbocycles. The number of aromatic nitrogens is 2. The van der Waals surface area contributed by atoms with Crippen LogP contribution in [0.4, 0.5) is 0 Å². The number of nitrogens with one attached hydrogen (secondary N) is 2. The van der Waals surface area contributed by atoms with Crippen molar-refractivity contribution >= 4 is 38.7 Å². The van der Waals surface area contributed by atoms with Gasteiger partial charge in [0.05, 0.1) is 11.0 Å². The van der Waals surface area contributed by atoms with Crippen LogP contribution in [0.15, 0.2) is 20.2 Å². The SMILES string of the molecule is CCSc1c(Br)cc(C)c2[nH]c(=O)[nH]c12. The number of hydrogen-bond donors (Lipinski definition) is 2. The first-order chi connectivity index (χ1) is 7.13. The van der Waals surface area contributed by atoms with E-state index in [1.54, 1.807) is 11.8 Å². The summed E-state index contributed by atoms with van der Waals surface area (Å²) in [6.45, 7) is 4.07. The first-order valence-corrected chi connectivity index (χ1v) is 6.45. The summed E-state index contributed by atoms with van der Waals surface area (Å²) in [6, 6.07) is 2.03. The Balaban J connectivity index is 2.82. The van der Waals surface area contributed by atoms with E-state index in [-0.39, 0.29) is 5.69 Å². The van der Waals surface area contributed by atoms with Gasteiger partial charge >= 0.3 is 5.69 Å². The van der Waals surface area contributed by atoms with Gasteiger partial charge in [-0.25, -0.2) is 4.79 Å². The molecule has 1 aromatic carbocycles. The highest BCUT2D eigenvalue weighted by molar-refractivity contribution is 9.10. The number of aryl methyl sites for hydroxylation is 1. The molecule has 0 saturated heterocycles. The predicted octanol–water partition coefficient (Wildman–Crippen LogP) is 3.04. The van der Waals surface area contributed by atoms with E-state index in [9.17, 15) is 4.79 Å². The van der Waals surface area contributed by atoms with E-state index in [0.717, 1.165) is 31.7 Å². The van der Waals surface area contributed by atoms with Gasteiger partial charge in [-0.3, -0.25) is 0 Å². The molecule has 0 amide bonds. The zero-order chi connectivity index (χ0) is 11.0. The maximum absolute atomic E-state index is 11.3. The Morgan fingerprint density at radius 3 is 2.73 bits per heavy atom. The second kappa shape index (κ2) is 4.06. The molecule has 80 valence electrons. The molecule has 2 aromatic rings. The highest BCUT2D eigenvalue weighted by Gasteiger charge is 2.11. The van der Waals surface area contributed by atoms with Crippen molar-refractivity contribution in [1.82, 2.24) is 9.97 Å². The molecule has 0 spiro atoms. The lowest BCUT2D eigenvalue weighted by Crippen LogP contribution is -1.99. The number of hydrogen-bond acceptors (Lipinski definition) is 2. The monoisotopic (exact) mass is 286 g/mol. The minimum absolute atomic E-state index is 0.149. The number of rotatable bonds is 2. The van der Waals surface area contributed by atoms with Crippen LogP contribution in [0.2, 0.25) is 0 Å². The molecule has 0 fully saturated rings. The summed E-state index contributed by atoms with van der Waals surface area (Å²) in [7, 11) is 0. The topological polar surface area (TPSA) is 48.6 Å². The summed E-state index contributed by atoms with van der Waals surface area (Å²) in [5.41, 5.74) is 2.72. The summed E-state index contributed by atoms with van der Waals surface area (Å²) >= 11 is 5.24. The van der Waals surface area contributed by atoms with Crippen molar-refractivity contribution in [3.8, 4) is 0 Å². The fourth-order valence-corrected chi connectivity index (χ4v) is 3.25. The van der Waals surface area contributed by atoms with Crippen molar-refractivity contribution in [3.63, 3.8) is 0 Å². The quantitative estimate of drug-likeness (QED) is 0.834. The lowest BCUT2D eigenvalue weighted by Gasteiger charge is -2.05. The Bertz CT molecular complexity index is 558. The normalized spacial score (nSPS) is 11.1. The van der Waals surface area contributed by atoms with Crippen LogP contribution in [0.1, 0.15) is 12.5 Å². The van der Waals surface area contributed by atoms with E-state index < -0.39 is 0 Å². The summed E-state index contributed by atoms with van der Waals surface area (Å²) < 4.78 is 1.04. The molecule has 0 atom stereocenters. The summed E-state index contributed by atoms with van der Waals surface area (Å²) in [6.07, 6.45) is 0. The third kappa shape index (κ3) is 1.86. The average molecular weight is 287 g/mol. The van der Waals surface area contributed by atoms with E-state index in [0.29, 0.717) is 0 Å². The molecule has 0 aliphatic carbocycles. The van der Waals surface area contributed by atoms with Crippen LogP contribution in [-0.4, -0.2) is 15.7 Å². The van der Waals surface area contributed by atoms with E-state index in [1.807, 2.05) is 13.0 Å². The first-order valence-electron chi connectivity index (χ1n) is 4.67. The number of fused-ring (bicyclic) bond motifs is 1. The average Bonchev–Trinajstić information content (AvgIpc) is 2.55. The van der Waals surface area contributed by atoms with Crippen molar-refractivity contribution in [1.29, 1.82) is 0 Å². The minimum Gasteiger partial charge on any atom is -0.305 e. The van der Waals surface area contributed by atoms with Crippen LogP contribution in [0.5, 0.6) is 0 Å². The second-order valence-electron chi connectivity index (χ2n) is 3.27. The molecule has 0 radical (unpaired) electrons. The highest BCUT2D eigenvalue weighted by atomic mass is 79.9. The fourth-order valence-electron chi connectivity index (χ4n) is 1.58. The maximum Gasteiger partial charge on any atom is 0.323 e. The molecule has 3 nitrogen and oxygen atoms in total. The number of H-pyrrole nitrogens is 2. The molecule has 1 aromatic heterocycles. The molecule has 0 unspecified atom stereocenters. The number of aromatic amines is 2. The van der Waals surface area contributed by atoms with Gasteiger partial charge in [-0.15, -0.1) is 11.8 Å². The second-order valence-corrected chi connectivity index (χ2v) is 5.40. The van der Waals surface area contributed by atoms with Gasteiger partial charge < -0.3 is 9.97 Å². The molecule has 1 heterocycles. The van der Waals surface area contributed by atoms with E-state index in [1.165, 1.54) is 0 Å². The van der Waals surface area contributed by atoms with Crippen molar-refractivity contribution in [2.45, 2.75) is 18.7 Å². The molecule has 5 heteroatoms.